The number of ether oxygens (including phenoxy) is 1. The summed E-state index contributed by atoms with van der Waals surface area (Å²) < 4.78 is 25.9. The maximum atomic E-state index is 14.5. The van der Waals surface area contributed by atoms with Gasteiger partial charge in [-0.15, -0.1) is 0 Å². The van der Waals surface area contributed by atoms with E-state index in [1.807, 2.05) is 30.3 Å². The SMILES string of the molecule is COc1cc2c(cc1NC(=O)CNc1ccc(N3CCCC3=O)c(F)c1)oc1ccccc12. The Balaban J connectivity index is 1.29. The average molecular weight is 447 g/mol. The number of hydrogen-bond acceptors (Lipinski definition) is 5. The van der Waals surface area contributed by atoms with Crippen LogP contribution in [0.4, 0.5) is 21.5 Å². The summed E-state index contributed by atoms with van der Waals surface area (Å²) in [5.41, 5.74) is 2.56. The van der Waals surface area contributed by atoms with Gasteiger partial charge in [-0.25, -0.2) is 4.39 Å². The van der Waals surface area contributed by atoms with Crippen LogP contribution in [0.1, 0.15) is 12.8 Å². The summed E-state index contributed by atoms with van der Waals surface area (Å²) in [7, 11) is 1.53. The minimum Gasteiger partial charge on any atom is -0.495 e. The molecule has 0 unspecified atom stereocenters. The molecule has 8 heteroatoms. The molecule has 1 aliphatic rings. The van der Waals surface area contributed by atoms with Crippen LogP contribution in [-0.2, 0) is 9.59 Å². The predicted molar refractivity (Wildman–Crippen MR) is 125 cm³/mol. The van der Waals surface area contributed by atoms with Crippen molar-refractivity contribution < 1.29 is 23.1 Å². The second-order valence-corrected chi connectivity index (χ2v) is 7.86. The summed E-state index contributed by atoms with van der Waals surface area (Å²) in [6, 6.07) is 15.7. The summed E-state index contributed by atoms with van der Waals surface area (Å²) in [6.45, 7) is 0.436. The van der Waals surface area contributed by atoms with E-state index in [0.29, 0.717) is 35.7 Å². The van der Waals surface area contributed by atoms with Crippen LogP contribution in [0.25, 0.3) is 21.9 Å². The molecule has 0 saturated carbocycles. The zero-order chi connectivity index (χ0) is 22.9. The highest BCUT2D eigenvalue weighted by atomic mass is 19.1. The number of carbonyl (C=O) groups excluding carboxylic acids is 2. The second kappa shape index (κ2) is 8.46. The molecule has 1 saturated heterocycles. The number of rotatable bonds is 6. The lowest BCUT2D eigenvalue weighted by Gasteiger charge is -2.17. The van der Waals surface area contributed by atoms with E-state index < -0.39 is 5.82 Å². The summed E-state index contributed by atoms with van der Waals surface area (Å²) in [5, 5.41) is 7.58. The highest BCUT2D eigenvalue weighted by molar-refractivity contribution is 6.08. The first-order chi connectivity index (χ1) is 16.0. The van der Waals surface area contributed by atoms with Crippen LogP contribution in [0.15, 0.2) is 59.0 Å². The number of para-hydroxylation sites is 1. The molecule has 168 valence electrons. The molecule has 1 aromatic heterocycles. The number of hydrogen-bond donors (Lipinski definition) is 2. The topological polar surface area (TPSA) is 83.8 Å². The average Bonchev–Trinajstić information content (AvgIpc) is 3.40. The van der Waals surface area contributed by atoms with Crippen LogP contribution in [0.3, 0.4) is 0 Å². The molecule has 0 radical (unpaired) electrons. The van der Waals surface area contributed by atoms with E-state index in [1.165, 1.54) is 18.1 Å². The largest absolute Gasteiger partial charge is 0.495 e. The number of fused-ring (bicyclic) bond motifs is 3. The van der Waals surface area contributed by atoms with E-state index in [-0.39, 0.29) is 24.0 Å². The van der Waals surface area contributed by atoms with Crippen molar-refractivity contribution in [3.63, 3.8) is 0 Å². The molecule has 1 aliphatic heterocycles. The van der Waals surface area contributed by atoms with Gasteiger partial charge >= 0.3 is 0 Å². The van der Waals surface area contributed by atoms with E-state index >= 15 is 0 Å². The molecule has 2 amide bonds. The van der Waals surface area contributed by atoms with E-state index in [9.17, 15) is 14.0 Å². The first kappa shape index (κ1) is 20.8. The van der Waals surface area contributed by atoms with Crippen molar-refractivity contribution in [2.24, 2.45) is 0 Å². The van der Waals surface area contributed by atoms with Crippen molar-refractivity contribution in [1.29, 1.82) is 0 Å². The van der Waals surface area contributed by atoms with Crippen LogP contribution in [0.5, 0.6) is 5.75 Å². The van der Waals surface area contributed by atoms with Crippen LogP contribution in [-0.4, -0.2) is 32.0 Å². The molecule has 3 aromatic carbocycles. The minimum absolute atomic E-state index is 0.0793. The van der Waals surface area contributed by atoms with Gasteiger partial charge in [0.25, 0.3) is 0 Å². The molecule has 2 heterocycles. The Morgan fingerprint density at radius 2 is 1.97 bits per heavy atom. The van der Waals surface area contributed by atoms with Crippen molar-refractivity contribution in [3.8, 4) is 5.75 Å². The van der Waals surface area contributed by atoms with Crippen molar-refractivity contribution >= 4 is 50.8 Å². The lowest BCUT2D eigenvalue weighted by molar-refractivity contribution is -0.117. The zero-order valence-corrected chi connectivity index (χ0v) is 18.0. The maximum absolute atomic E-state index is 14.5. The third-order valence-corrected chi connectivity index (χ3v) is 5.74. The second-order valence-electron chi connectivity index (χ2n) is 7.86. The number of anilines is 3. The molecule has 0 atom stereocenters. The third kappa shape index (κ3) is 3.95. The molecule has 0 aliphatic carbocycles. The Morgan fingerprint density at radius 3 is 2.73 bits per heavy atom. The van der Waals surface area contributed by atoms with Gasteiger partial charge in [0, 0.05) is 35.5 Å². The van der Waals surface area contributed by atoms with Gasteiger partial charge in [-0.05, 0) is 36.8 Å². The van der Waals surface area contributed by atoms with Crippen molar-refractivity contribution in [2.45, 2.75) is 12.8 Å². The minimum atomic E-state index is -0.507. The van der Waals surface area contributed by atoms with Crippen LogP contribution >= 0.6 is 0 Å². The summed E-state index contributed by atoms with van der Waals surface area (Å²) in [5.74, 6) is -0.409. The fourth-order valence-corrected chi connectivity index (χ4v) is 4.13. The van der Waals surface area contributed by atoms with Crippen LogP contribution in [0, 0.1) is 5.82 Å². The Labute approximate surface area is 189 Å². The number of carbonyl (C=O) groups is 2. The highest BCUT2D eigenvalue weighted by Gasteiger charge is 2.24. The summed E-state index contributed by atoms with van der Waals surface area (Å²) >= 11 is 0. The van der Waals surface area contributed by atoms with Crippen LogP contribution in [0.2, 0.25) is 0 Å². The normalized spacial score (nSPS) is 13.6. The number of halogens is 1. The number of benzene rings is 3. The molecule has 2 N–H and O–H groups in total. The fraction of sp³-hybridized carbons (Fsp3) is 0.200. The number of methoxy groups -OCH3 is 1. The Hall–Kier alpha value is -4.07. The quantitative estimate of drug-likeness (QED) is 0.439. The maximum Gasteiger partial charge on any atom is 0.243 e. The molecule has 1 fully saturated rings. The number of nitrogens with zero attached hydrogens (tertiary/aromatic N) is 1. The van der Waals surface area contributed by atoms with Gasteiger partial charge in [0.05, 0.1) is 25.0 Å². The Kier molecular flexibility index (Phi) is 5.34. The number of nitrogens with one attached hydrogen (secondary N) is 2. The predicted octanol–water partition coefficient (Wildman–Crippen LogP) is 4.91. The van der Waals surface area contributed by atoms with Gasteiger partial charge in [0.1, 0.15) is 22.7 Å². The molecule has 0 spiro atoms. The molecule has 7 nitrogen and oxygen atoms in total. The highest BCUT2D eigenvalue weighted by Crippen LogP contribution is 2.36. The standard InChI is InChI=1S/C25H22FN3O4/c1-32-23-12-17-16-5-2-3-6-21(16)33-22(17)13-19(23)28-24(30)14-27-15-8-9-20(18(26)11-15)29-10-4-7-25(29)31/h2-3,5-6,8-9,11-13,27H,4,7,10,14H2,1H3,(H,28,30). The first-order valence-electron chi connectivity index (χ1n) is 10.7. The lowest BCUT2D eigenvalue weighted by Crippen LogP contribution is -2.25. The monoisotopic (exact) mass is 447 g/mol. The van der Waals surface area contributed by atoms with Crippen molar-refractivity contribution in [1.82, 2.24) is 0 Å². The van der Waals surface area contributed by atoms with Gasteiger partial charge in [0.15, 0.2) is 0 Å². The molecule has 33 heavy (non-hydrogen) atoms. The van der Waals surface area contributed by atoms with Gasteiger partial charge in [-0.3, -0.25) is 9.59 Å². The van der Waals surface area contributed by atoms with E-state index in [1.54, 1.807) is 18.2 Å². The van der Waals surface area contributed by atoms with E-state index in [2.05, 4.69) is 10.6 Å². The van der Waals surface area contributed by atoms with Gasteiger partial charge in [0.2, 0.25) is 11.8 Å². The van der Waals surface area contributed by atoms with Gasteiger partial charge < -0.3 is 24.7 Å². The summed E-state index contributed by atoms with van der Waals surface area (Å²) in [6.07, 6.45) is 1.16. The number of amides is 2. The van der Waals surface area contributed by atoms with Gasteiger partial charge in [-0.2, -0.15) is 0 Å². The van der Waals surface area contributed by atoms with Crippen LogP contribution < -0.4 is 20.3 Å². The van der Waals surface area contributed by atoms with E-state index in [0.717, 1.165) is 22.8 Å². The zero-order valence-electron chi connectivity index (χ0n) is 18.0. The van der Waals surface area contributed by atoms with Crippen molar-refractivity contribution in [3.05, 3.63) is 60.4 Å². The summed E-state index contributed by atoms with van der Waals surface area (Å²) in [4.78, 5) is 25.9. The number of furan rings is 1. The Bertz CT molecular complexity index is 1380. The molecule has 0 bridgehead atoms. The first-order valence-corrected chi connectivity index (χ1v) is 10.7. The third-order valence-electron chi connectivity index (χ3n) is 5.74. The molecule has 5 rings (SSSR count). The van der Waals surface area contributed by atoms with Crippen molar-refractivity contribution in [2.75, 3.05) is 35.7 Å². The Morgan fingerprint density at radius 1 is 1.12 bits per heavy atom. The fourth-order valence-electron chi connectivity index (χ4n) is 4.13. The molecule has 4 aromatic rings. The van der Waals surface area contributed by atoms with Gasteiger partial charge in [-0.1, -0.05) is 18.2 Å². The van der Waals surface area contributed by atoms with E-state index in [4.69, 9.17) is 9.15 Å². The lowest BCUT2D eigenvalue weighted by atomic mass is 10.1. The smallest absolute Gasteiger partial charge is 0.243 e. The molecular weight excluding hydrogens is 425 g/mol. The molecular formula is C25H22FN3O4.